The van der Waals surface area contributed by atoms with Crippen molar-refractivity contribution in [3.63, 3.8) is 0 Å². The summed E-state index contributed by atoms with van der Waals surface area (Å²) in [6.07, 6.45) is 2.40. The minimum atomic E-state index is 0.490. The Morgan fingerprint density at radius 2 is 2.47 bits per heavy atom. The second-order valence-corrected chi connectivity index (χ2v) is 4.28. The van der Waals surface area contributed by atoms with Crippen molar-refractivity contribution in [1.82, 2.24) is 10.3 Å². The molecule has 0 aromatic carbocycles. The number of piperidine rings is 1. The van der Waals surface area contributed by atoms with E-state index in [0.29, 0.717) is 11.7 Å². The van der Waals surface area contributed by atoms with Crippen molar-refractivity contribution in [2.45, 2.75) is 25.8 Å². The van der Waals surface area contributed by atoms with Gasteiger partial charge in [-0.05, 0) is 38.4 Å². The molecule has 1 aromatic heterocycles. The fraction of sp³-hybridized carbons (Fsp3) is 0.538. The zero-order chi connectivity index (χ0) is 12.1. The Morgan fingerprint density at radius 1 is 1.59 bits per heavy atom. The van der Waals surface area contributed by atoms with Crippen molar-refractivity contribution in [3.05, 3.63) is 23.9 Å². The van der Waals surface area contributed by atoms with Crippen LogP contribution in [0.1, 0.15) is 25.5 Å². The van der Waals surface area contributed by atoms with Crippen molar-refractivity contribution in [2.75, 3.05) is 24.5 Å². The quantitative estimate of drug-likeness (QED) is 0.855. The number of aromatic nitrogens is 1. The van der Waals surface area contributed by atoms with Crippen molar-refractivity contribution in [1.29, 1.82) is 5.26 Å². The largest absolute Gasteiger partial charge is 0.353 e. The Balaban J connectivity index is 2.18. The molecular formula is C13H18N4. The topological polar surface area (TPSA) is 52.0 Å². The molecule has 0 spiro atoms. The van der Waals surface area contributed by atoms with Gasteiger partial charge in [-0.15, -0.1) is 0 Å². The van der Waals surface area contributed by atoms with Gasteiger partial charge in [0.1, 0.15) is 17.6 Å². The molecule has 1 saturated heterocycles. The van der Waals surface area contributed by atoms with Gasteiger partial charge in [-0.3, -0.25) is 0 Å². The molecule has 2 rings (SSSR count). The van der Waals surface area contributed by atoms with Gasteiger partial charge >= 0.3 is 0 Å². The lowest BCUT2D eigenvalue weighted by Crippen LogP contribution is -2.46. The molecule has 4 nitrogen and oxygen atoms in total. The number of nitrogens with zero attached hydrogens (tertiary/aromatic N) is 3. The molecule has 0 saturated carbocycles. The standard InChI is InChI=1S/C13H18N4/c1-2-17(12-6-4-8-15-10-12)13-7-3-5-11(9-14)16-13/h3,5,7,12,15H,2,4,6,8,10H2,1H3. The van der Waals surface area contributed by atoms with Gasteiger partial charge in [-0.25, -0.2) is 4.98 Å². The minimum Gasteiger partial charge on any atom is -0.353 e. The highest BCUT2D eigenvalue weighted by Crippen LogP contribution is 2.18. The number of hydrogen-bond acceptors (Lipinski definition) is 4. The van der Waals surface area contributed by atoms with Crippen molar-refractivity contribution < 1.29 is 0 Å². The third-order valence-electron chi connectivity index (χ3n) is 3.20. The molecule has 17 heavy (non-hydrogen) atoms. The van der Waals surface area contributed by atoms with Gasteiger partial charge in [0.25, 0.3) is 0 Å². The lowest BCUT2D eigenvalue weighted by Gasteiger charge is -2.34. The number of pyridine rings is 1. The van der Waals surface area contributed by atoms with Gasteiger partial charge in [-0.1, -0.05) is 6.07 Å². The second-order valence-electron chi connectivity index (χ2n) is 4.28. The van der Waals surface area contributed by atoms with E-state index in [0.717, 1.165) is 25.5 Å². The van der Waals surface area contributed by atoms with E-state index in [1.165, 1.54) is 12.8 Å². The first-order valence-electron chi connectivity index (χ1n) is 6.19. The van der Waals surface area contributed by atoms with Crippen LogP contribution in [0.3, 0.4) is 0 Å². The van der Waals surface area contributed by atoms with Gasteiger partial charge in [0.2, 0.25) is 0 Å². The number of anilines is 1. The van der Waals surface area contributed by atoms with E-state index in [4.69, 9.17) is 5.26 Å². The maximum absolute atomic E-state index is 8.88. The van der Waals surface area contributed by atoms with E-state index in [1.54, 1.807) is 6.07 Å². The van der Waals surface area contributed by atoms with Gasteiger partial charge in [0.05, 0.1) is 0 Å². The van der Waals surface area contributed by atoms with Gasteiger partial charge < -0.3 is 10.2 Å². The van der Waals surface area contributed by atoms with Crippen LogP contribution in [0, 0.1) is 11.3 Å². The summed E-state index contributed by atoms with van der Waals surface area (Å²) in [6.45, 7) is 5.18. The normalized spacial score (nSPS) is 19.6. The third kappa shape index (κ3) is 2.75. The molecule has 0 aliphatic carbocycles. The number of hydrogen-bond donors (Lipinski definition) is 1. The second kappa shape index (κ2) is 5.65. The number of rotatable bonds is 3. The molecule has 0 amide bonds. The van der Waals surface area contributed by atoms with Gasteiger partial charge in [0.15, 0.2) is 0 Å². The van der Waals surface area contributed by atoms with E-state index in [9.17, 15) is 0 Å². The Morgan fingerprint density at radius 3 is 3.12 bits per heavy atom. The molecule has 4 heteroatoms. The predicted octanol–water partition coefficient (Wildman–Crippen LogP) is 1.53. The van der Waals surface area contributed by atoms with Gasteiger partial charge in [0, 0.05) is 19.1 Å². The van der Waals surface area contributed by atoms with E-state index in [2.05, 4.69) is 28.2 Å². The van der Waals surface area contributed by atoms with Crippen molar-refractivity contribution in [2.24, 2.45) is 0 Å². The summed E-state index contributed by atoms with van der Waals surface area (Å²) in [5.41, 5.74) is 0.490. The summed E-state index contributed by atoms with van der Waals surface area (Å²) in [4.78, 5) is 6.66. The van der Waals surface area contributed by atoms with Gasteiger partial charge in [-0.2, -0.15) is 5.26 Å². The molecule has 1 atom stereocenters. The highest BCUT2D eigenvalue weighted by atomic mass is 15.2. The summed E-state index contributed by atoms with van der Waals surface area (Å²) in [6, 6.07) is 8.23. The molecule has 1 unspecified atom stereocenters. The Hall–Kier alpha value is -1.60. The number of nitrogens with one attached hydrogen (secondary N) is 1. The SMILES string of the molecule is CCN(c1cccc(C#N)n1)C1CCCNC1. The molecule has 90 valence electrons. The molecule has 1 aromatic rings. The molecule has 1 N–H and O–H groups in total. The summed E-state index contributed by atoms with van der Waals surface area (Å²) in [7, 11) is 0. The van der Waals surface area contributed by atoms with E-state index < -0.39 is 0 Å². The van der Waals surface area contributed by atoms with E-state index in [-0.39, 0.29) is 0 Å². The fourth-order valence-electron chi connectivity index (χ4n) is 2.35. The maximum atomic E-state index is 8.88. The smallest absolute Gasteiger partial charge is 0.142 e. The predicted molar refractivity (Wildman–Crippen MR) is 67.9 cm³/mol. The first-order chi connectivity index (χ1) is 8.35. The lowest BCUT2D eigenvalue weighted by atomic mass is 10.1. The molecule has 1 aliphatic heterocycles. The van der Waals surface area contributed by atoms with Crippen LogP contribution >= 0.6 is 0 Å². The zero-order valence-corrected chi connectivity index (χ0v) is 10.2. The summed E-state index contributed by atoms with van der Waals surface area (Å²) in [5.74, 6) is 0.917. The molecule has 0 bridgehead atoms. The molecular weight excluding hydrogens is 212 g/mol. The molecule has 1 aliphatic rings. The average Bonchev–Trinajstić information content (AvgIpc) is 2.41. The first-order valence-corrected chi connectivity index (χ1v) is 6.19. The van der Waals surface area contributed by atoms with Crippen molar-refractivity contribution >= 4 is 5.82 Å². The van der Waals surface area contributed by atoms with Crippen LogP contribution in [0.15, 0.2) is 18.2 Å². The first kappa shape index (κ1) is 11.9. The highest BCUT2D eigenvalue weighted by molar-refractivity contribution is 5.42. The van der Waals surface area contributed by atoms with E-state index in [1.807, 2.05) is 12.1 Å². The third-order valence-corrected chi connectivity index (χ3v) is 3.20. The Labute approximate surface area is 102 Å². The van der Waals surface area contributed by atoms with E-state index >= 15 is 0 Å². The number of nitriles is 1. The maximum Gasteiger partial charge on any atom is 0.142 e. The van der Waals surface area contributed by atoms with Crippen LogP contribution in [-0.4, -0.2) is 30.7 Å². The average molecular weight is 230 g/mol. The lowest BCUT2D eigenvalue weighted by molar-refractivity contribution is 0.433. The van der Waals surface area contributed by atoms with Crippen LogP contribution in [0.4, 0.5) is 5.82 Å². The minimum absolute atomic E-state index is 0.490. The highest BCUT2D eigenvalue weighted by Gasteiger charge is 2.20. The van der Waals surface area contributed by atoms with Crippen LogP contribution in [0.5, 0.6) is 0 Å². The van der Waals surface area contributed by atoms with Crippen LogP contribution in [-0.2, 0) is 0 Å². The summed E-state index contributed by atoms with van der Waals surface area (Å²) >= 11 is 0. The number of likely N-dealkylation sites (N-methyl/N-ethyl adjacent to an activating group) is 1. The molecule has 0 radical (unpaired) electrons. The summed E-state index contributed by atoms with van der Waals surface area (Å²) < 4.78 is 0. The summed E-state index contributed by atoms with van der Waals surface area (Å²) in [5, 5.41) is 12.3. The fourth-order valence-corrected chi connectivity index (χ4v) is 2.35. The Kier molecular flexibility index (Phi) is 3.94. The van der Waals surface area contributed by atoms with Crippen LogP contribution in [0.25, 0.3) is 0 Å². The zero-order valence-electron chi connectivity index (χ0n) is 10.2. The Bertz CT molecular complexity index is 404. The van der Waals surface area contributed by atoms with Crippen molar-refractivity contribution in [3.8, 4) is 6.07 Å². The van der Waals surface area contributed by atoms with Crippen LogP contribution in [0.2, 0.25) is 0 Å². The van der Waals surface area contributed by atoms with Crippen LogP contribution < -0.4 is 10.2 Å². The molecule has 2 heterocycles. The monoisotopic (exact) mass is 230 g/mol. The molecule has 1 fully saturated rings.